The molecule has 0 aromatic carbocycles. The molecule has 1 aliphatic heterocycles. The summed E-state index contributed by atoms with van der Waals surface area (Å²) in [7, 11) is 0. The van der Waals surface area contributed by atoms with Gasteiger partial charge in [-0.05, 0) is 13.3 Å². The van der Waals surface area contributed by atoms with Gasteiger partial charge in [-0.25, -0.2) is 4.68 Å². The summed E-state index contributed by atoms with van der Waals surface area (Å²) in [5.41, 5.74) is 0.703. The number of hydrogen-bond acceptors (Lipinski definition) is 5. The Morgan fingerprint density at radius 2 is 2.11 bits per heavy atom. The Kier molecular flexibility index (Phi) is 4.79. The van der Waals surface area contributed by atoms with Crippen LogP contribution in [0.5, 0.6) is 5.88 Å². The maximum atomic E-state index is 12.0. The first-order valence-electron chi connectivity index (χ1n) is 6.84. The third-order valence-corrected chi connectivity index (χ3v) is 3.01. The Bertz CT molecular complexity index is 467. The number of morpholine rings is 1. The highest BCUT2D eigenvalue weighted by Crippen LogP contribution is 2.24. The Morgan fingerprint density at radius 1 is 1.37 bits per heavy atom. The van der Waals surface area contributed by atoms with Crippen molar-refractivity contribution in [3.8, 4) is 5.88 Å². The molecule has 0 aliphatic carbocycles. The normalized spacial score (nSPS) is 15.6. The van der Waals surface area contributed by atoms with Gasteiger partial charge in [-0.2, -0.15) is 0 Å². The summed E-state index contributed by atoms with van der Waals surface area (Å²) in [5, 5.41) is 4.33. The molecular formula is C13H21N3O3. The van der Waals surface area contributed by atoms with E-state index >= 15 is 0 Å². The molecule has 0 spiro atoms. The first-order chi connectivity index (χ1) is 9.26. The largest absolute Gasteiger partial charge is 0.475 e. The Labute approximate surface area is 112 Å². The van der Waals surface area contributed by atoms with Gasteiger partial charge < -0.3 is 14.4 Å². The van der Waals surface area contributed by atoms with E-state index in [-0.39, 0.29) is 5.56 Å². The van der Waals surface area contributed by atoms with Crippen molar-refractivity contribution < 1.29 is 9.47 Å². The molecule has 19 heavy (non-hydrogen) atoms. The van der Waals surface area contributed by atoms with E-state index in [4.69, 9.17) is 9.47 Å². The van der Waals surface area contributed by atoms with Crippen molar-refractivity contribution in [1.29, 1.82) is 0 Å². The van der Waals surface area contributed by atoms with E-state index in [0.717, 1.165) is 25.2 Å². The first-order valence-corrected chi connectivity index (χ1v) is 6.84. The van der Waals surface area contributed by atoms with Crippen LogP contribution >= 0.6 is 0 Å². The van der Waals surface area contributed by atoms with Crippen molar-refractivity contribution in [2.45, 2.75) is 26.8 Å². The third-order valence-electron chi connectivity index (χ3n) is 3.01. The van der Waals surface area contributed by atoms with Crippen LogP contribution in [-0.2, 0) is 11.3 Å². The third kappa shape index (κ3) is 3.26. The van der Waals surface area contributed by atoms with Gasteiger partial charge in [-0.3, -0.25) is 4.79 Å². The second-order valence-corrected chi connectivity index (χ2v) is 4.43. The average Bonchev–Trinajstić information content (AvgIpc) is 2.44. The van der Waals surface area contributed by atoms with Crippen LogP contribution in [0.4, 0.5) is 5.69 Å². The van der Waals surface area contributed by atoms with Gasteiger partial charge in [0.1, 0.15) is 5.69 Å². The maximum Gasteiger partial charge on any atom is 0.269 e. The molecule has 6 nitrogen and oxygen atoms in total. The molecule has 0 atom stereocenters. The molecule has 1 aromatic rings. The molecule has 0 N–H and O–H groups in total. The van der Waals surface area contributed by atoms with Crippen molar-refractivity contribution >= 4 is 5.69 Å². The van der Waals surface area contributed by atoms with Gasteiger partial charge in [0.25, 0.3) is 11.4 Å². The fourth-order valence-electron chi connectivity index (χ4n) is 2.11. The van der Waals surface area contributed by atoms with Crippen molar-refractivity contribution in [3.63, 3.8) is 0 Å². The molecule has 1 aromatic heterocycles. The molecule has 0 bridgehead atoms. The number of rotatable bonds is 5. The monoisotopic (exact) mass is 267 g/mol. The summed E-state index contributed by atoms with van der Waals surface area (Å²) in [6.45, 7) is 7.95. The SMILES string of the molecule is CCCn1nc(OCC)c(N2CCOCC2)cc1=O. The van der Waals surface area contributed by atoms with Crippen LogP contribution in [0.3, 0.4) is 0 Å². The number of aryl methyl sites for hydroxylation is 1. The van der Waals surface area contributed by atoms with Crippen molar-refractivity contribution in [3.05, 3.63) is 16.4 Å². The van der Waals surface area contributed by atoms with E-state index in [2.05, 4.69) is 10.00 Å². The van der Waals surface area contributed by atoms with Crippen LogP contribution in [0.2, 0.25) is 0 Å². The van der Waals surface area contributed by atoms with E-state index < -0.39 is 0 Å². The zero-order chi connectivity index (χ0) is 13.7. The van der Waals surface area contributed by atoms with Crippen LogP contribution < -0.4 is 15.2 Å². The molecule has 2 rings (SSSR count). The van der Waals surface area contributed by atoms with Crippen LogP contribution in [0.25, 0.3) is 0 Å². The average molecular weight is 267 g/mol. The highest BCUT2D eigenvalue weighted by atomic mass is 16.5. The van der Waals surface area contributed by atoms with Gasteiger partial charge in [0.15, 0.2) is 0 Å². The topological polar surface area (TPSA) is 56.6 Å². The quantitative estimate of drug-likeness (QED) is 0.793. The van der Waals surface area contributed by atoms with Crippen LogP contribution in [0.15, 0.2) is 10.9 Å². The lowest BCUT2D eigenvalue weighted by Crippen LogP contribution is -2.38. The van der Waals surface area contributed by atoms with Gasteiger partial charge in [0, 0.05) is 25.7 Å². The smallest absolute Gasteiger partial charge is 0.269 e. The summed E-state index contributed by atoms with van der Waals surface area (Å²) in [5.74, 6) is 0.539. The molecule has 106 valence electrons. The van der Waals surface area contributed by atoms with Crippen molar-refractivity contribution in [1.82, 2.24) is 9.78 Å². The van der Waals surface area contributed by atoms with E-state index in [1.807, 2.05) is 13.8 Å². The van der Waals surface area contributed by atoms with E-state index in [1.165, 1.54) is 4.68 Å². The van der Waals surface area contributed by atoms with E-state index in [1.54, 1.807) is 6.07 Å². The van der Waals surface area contributed by atoms with Gasteiger partial charge in [-0.1, -0.05) is 6.92 Å². The zero-order valence-electron chi connectivity index (χ0n) is 11.6. The molecule has 2 heterocycles. The fraction of sp³-hybridized carbons (Fsp3) is 0.692. The number of anilines is 1. The van der Waals surface area contributed by atoms with Crippen LogP contribution in [0.1, 0.15) is 20.3 Å². The van der Waals surface area contributed by atoms with Crippen molar-refractivity contribution in [2.24, 2.45) is 0 Å². The Morgan fingerprint density at radius 3 is 2.74 bits per heavy atom. The zero-order valence-corrected chi connectivity index (χ0v) is 11.6. The minimum atomic E-state index is -0.0770. The minimum Gasteiger partial charge on any atom is -0.475 e. The molecule has 6 heteroatoms. The number of aromatic nitrogens is 2. The van der Waals surface area contributed by atoms with Gasteiger partial charge >= 0.3 is 0 Å². The lowest BCUT2D eigenvalue weighted by Gasteiger charge is -2.29. The molecule has 0 radical (unpaired) electrons. The minimum absolute atomic E-state index is 0.0770. The number of nitrogens with zero attached hydrogens (tertiary/aromatic N) is 3. The molecule has 0 amide bonds. The first kappa shape index (κ1) is 13.9. The summed E-state index contributed by atoms with van der Waals surface area (Å²) in [6, 6.07) is 1.62. The molecule has 1 aliphatic rings. The molecule has 1 saturated heterocycles. The summed E-state index contributed by atoms with van der Waals surface area (Å²) < 4.78 is 12.4. The molecule has 0 unspecified atom stereocenters. The molecule has 1 fully saturated rings. The van der Waals surface area contributed by atoms with Crippen molar-refractivity contribution in [2.75, 3.05) is 37.8 Å². The Balaban J connectivity index is 2.34. The van der Waals surface area contributed by atoms with Gasteiger partial charge in [-0.15, -0.1) is 5.10 Å². The molecular weight excluding hydrogens is 246 g/mol. The molecule has 0 saturated carbocycles. The second kappa shape index (κ2) is 6.56. The van der Waals surface area contributed by atoms with Crippen LogP contribution in [-0.4, -0.2) is 42.7 Å². The van der Waals surface area contributed by atoms with E-state index in [9.17, 15) is 4.79 Å². The number of ether oxygens (including phenoxy) is 2. The lowest BCUT2D eigenvalue weighted by molar-refractivity contribution is 0.122. The second-order valence-electron chi connectivity index (χ2n) is 4.43. The van der Waals surface area contributed by atoms with E-state index in [0.29, 0.717) is 32.2 Å². The summed E-state index contributed by atoms with van der Waals surface area (Å²) >= 11 is 0. The highest BCUT2D eigenvalue weighted by molar-refractivity contribution is 5.54. The summed E-state index contributed by atoms with van der Waals surface area (Å²) in [4.78, 5) is 14.1. The van der Waals surface area contributed by atoms with Gasteiger partial charge in [0.2, 0.25) is 0 Å². The number of hydrogen-bond donors (Lipinski definition) is 0. The highest BCUT2D eigenvalue weighted by Gasteiger charge is 2.18. The standard InChI is InChI=1S/C13H21N3O3/c1-3-5-16-12(17)10-11(13(14-16)19-4-2)15-6-8-18-9-7-15/h10H,3-9H2,1-2H3. The van der Waals surface area contributed by atoms with Crippen LogP contribution in [0, 0.1) is 0 Å². The maximum absolute atomic E-state index is 12.0. The van der Waals surface area contributed by atoms with Gasteiger partial charge in [0.05, 0.1) is 19.8 Å². The fourth-order valence-corrected chi connectivity index (χ4v) is 2.11. The Hall–Kier alpha value is -1.56. The predicted molar refractivity (Wildman–Crippen MR) is 73.0 cm³/mol. The summed E-state index contributed by atoms with van der Waals surface area (Å²) in [6.07, 6.45) is 0.870. The predicted octanol–water partition coefficient (Wildman–Crippen LogP) is 0.889. The lowest BCUT2D eigenvalue weighted by atomic mass is 10.3.